The van der Waals surface area contributed by atoms with Gasteiger partial charge in [-0.25, -0.2) is 0 Å². The second-order valence-electron chi connectivity index (χ2n) is 8.92. The van der Waals surface area contributed by atoms with E-state index in [9.17, 15) is 5.11 Å². The maximum atomic E-state index is 11.3. The Kier molecular flexibility index (Phi) is 3.44. The minimum absolute atomic E-state index is 0.296. The van der Waals surface area contributed by atoms with Gasteiger partial charge in [-0.2, -0.15) is 0 Å². The lowest BCUT2D eigenvalue weighted by Gasteiger charge is -2.41. The number of rotatable bonds is 1. The molecule has 0 aromatic carbocycles. The SMILES string of the molecule is CC1=CC=CC2(C)CCC3C(C)(CCC3(O)C(C)C)CC12. The Morgan fingerprint density at radius 1 is 1.19 bits per heavy atom. The summed E-state index contributed by atoms with van der Waals surface area (Å²) in [5.74, 6) is 1.49. The van der Waals surface area contributed by atoms with E-state index in [4.69, 9.17) is 0 Å². The molecule has 0 aliphatic heterocycles. The van der Waals surface area contributed by atoms with E-state index < -0.39 is 5.60 Å². The van der Waals surface area contributed by atoms with E-state index in [-0.39, 0.29) is 0 Å². The van der Waals surface area contributed by atoms with Crippen LogP contribution in [0, 0.1) is 28.6 Å². The Morgan fingerprint density at radius 3 is 2.57 bits per heavy atom. The highest BCUT2D eigenvalue weighted by Gasteiger charge is 2.58. The van der Waals surface area contributed by atoms with Crippen LogP contribution in [0.3, 0.4) is 0 Å². The van der Waals surface area contributed by atoms with Crippen LogP contribution in [-0.4, -0.2) is 10.7 Å². The zero-order valence-corrected chi connectivity index (χ0v) is 14.4. The van der Waals surface area contributed by atoms with Crippen molar-refractivity contribution in [1.82, 2.24) is 0 Å². The smallest absolute Gasteiger partial charge is 0.0703 e. The molecule has 3 aliphatic rings. The van der Waals surface area contributed by atoms with Gasteiger partial charge in [0.2, 0.25) is 0 Å². The summed E-state index contributed by atoms with van der Waals surface area (Å²) >= 11 is 0. The summed E-state index contributed by atoms with van der Waals surface area (Å²) in [4.78, 5) is 0. The molecule has 0 radical (unpaired) electrons. The van der Waals surface area contributed by atoms with Gasteiger partial charge in [-0.15, -0.1) is 0 Å². The van der Waals surface area contributed by atoms with Crippen LogP contribution in [-0.2, 0) is 0 Å². The van der Waals surface area contributed by atoms with Crippen molar-refractivity contribution >= 4 is 0 Å². The van der Waals surface area contributed by atoms with Crippen LogP contribution in [0.1, 0.15) is 66.7 Å². The van der Waals surface area contributed by atoms with Crippen LogP contribution in [0.25, 0.3) is 0 Å². The summed E-state index contributed by atoms with van der Waals surface area (Å²) in [5.41, 5.74) is 1.70. The molecule has 1 nitrogen and oxygen atoms in total. The lowest BCUT2D eigenvalue weighted by Crippen LogP contribution is -2.43. The summed E-state index contributed by atoms with van der Waals surface area (Å²) in [6.07, 6.45) is 12.8. The zero-order valence-electron chi connectivity index (χ0n) is 14.4. The van der Waals surface area contributed by atoms with E-state index in [1.807, 2.05) is 0 Å². The fourth-order valence-electron chi connectivity index (χ4n) is 5.72. The highest BCUT2D eigenvalue weighted by Crippen LogP contribution is 2.62. The summed E-state index contributed by atoms with van der Waals surface area (Å²) in [6, 6.07) is 0. The molecule has 0 aromatic rings. The first-order valence-electron chi connectivity index (χ1n) is 8.80. The van der Waals surface area contributed by atoms with Crippen molar-refractivity contribution in [2.45, 2.75) is 72.3 Å². The molecule has 118 valence electrons. The number of hydrogen-bond donors (Lipinski definition) is 1. The number of aliphatic hydroxyl groups is 1. The Labute approximate surface area is 130 Å². The Morgan fingerprint density at radius 2 is 1.90 bits per heavy atom. The van der Waals surface area contributed by atoms with Gasteiger partial charge in [0.15, 0.2) is 0 Å². The van der Waals surface area contributed by atoms with Gasteiger partial charge in [0.25, 0.3) is 0 Å². The van der Waals surface area contributed by atoms with Gasteiger partial charge in [0, 0.05) is 0 Å². The summed E-state index contributed by atoms with van der Waals surface area (Å²) in [5, 5.41) is 11.3. The molecule has 0 aromatic heterocycles. The van der Waals surface area contributed by atoms with Gasteiger partial charge in [-0.3, -0.25) is 0 Å². The molecule has 21 heavy (non-hydrogen) atoms. The van der Waals surface area contributed by atoms with Gasteiger partial charge in [0.1, 0.15) is 0 Å². The predicted molar refractivity (Wildman–Crippen MR) is 89.0 cm³/mol. The predicted octanol–water partition coefficient (Wildman–Crippen LogP) is 5.11. The van der Waals surface area contributed by atoms with E-state index in [0.717, 1.165) is 6.42 Å². The van der Waals surface area contributed by atoms with Crippen molar-refractivity contribution in [1.29, 1.82) is 0 Å². The lowest BCUT2D eigenvalue weighted by atomic mass is 9.64. The van der Waals surface area contributed by atoms with Crippen LogP contribution < -0.4 is 0 Å². The lowest BCUT2D eigenvalue weighted by molar-refractivity contribution is -0.0645. The van der Waals surface area contributed by atoms with Crippen molar-refractivity contribution < 1.29 is 5.11 Å². The largest absolute Gasteiger partial charge is 0.389 e. The molecule has 3 rings (SSSR count). The topological polar surface area (TPSA) is 20.2 Å². The molecule has 0 amide bonds. The Hall–Kier alpha value is -0.560. The van der Waals surface area contributed by atoms with Gasteiger partial charge in [0.05, 0.1) is 5.60 Å². The fraction of sp³-hybridized carbons (Fsp3) is 0.800. The molecular formula is C20H32O. The molecule has 0 heterocycles. The average Bonchev–Trinajstić information content (AvgIpc) is 2.58. The highest BCUT2D eigenvalue weighted by atomic mass is 16.3. The number of allylic oxidation sites excluding steroid dienone is 4. The summed E-state index contributed by atoms with van der Waals surface area (Å²) in [7, 11) is 0. The van der Waals surface area contributed by atoms with Gasteiger partial charge in [-0.05, 0) is 67.6 Å². The molecule has 2 saturated carbocycles. The standard InChI is InChI=1S/C20H32O/c1-14(2)20(21)12-11-19(5)13-16-15(3)7-6-9-18(16,4)10-8-17(19)20/h6-7,9,14,16-17,21H,8,10-13H2,1-5H3. The van der Waals surface area contributed by atoms with Crippen molar-refractivity contribution in [3.63, 3.8) is 0 Å². The minimum atomic E-state index is -0.445. The first-order valence-corrected chi connectivity index (χ1v) is 8.80. The molecule has 0 spiro atoms. The normalized spacial score (nSPS) is 49.6. The molecule has 3 aliphatic carbocycles. The van der Waals surface area contributed by atoms with Gasteiger partial charge in [-0.1, -0.05) is 51.5 Å². The first kappa shape index (κ1) is 15.3. The third-order valence-electron chi connectivity index (χ3n) is 7.36. The summed E-state index contributed by atoms with van der Waals surface area (Å²) in [6.45, 7) is 11.6. The fourth-order valence-corrected chi connectivity index (χ4v) is 5.72. The Balaban J connectivity index is 1.98. The zero-order chi connectivity index (χ0) is 15.5. The maximum Gasteiger partial charge on any atom is 0.0703 e. The molecule has 0 saturated heterocycles. The molecule has 2 fully saturated rings. The number of fused-ring (bicyclic) bond motifs is 2. The van der Waals surface area contributed by atoms with Gasteiger partial charge >= 0.3 is 0 Å². The molecule has 0 bridgehead atoms. The van der Waals surface area contributed by atoms with E-state index in [1.165, 1.54) is 25.7 Å². The molecule has 5 unspecified atom stereocenters. The van der Waals surface area contributed by atoms with Crippen molar-refractivity contribution in [2.75, 3.05) is 0 Å². The van der Waals surface area contributed by atoms with Crippen LogP contribution >= 0.6 is 0 Å². The molecular weight excluding hydrogens is 256 g/mol. The molecule has 1 N–H and O–H groups in total. The van der Waals surface area contributed by atoms with Crippen molar-refractivity contribution in [3.05, 3.63) is 23.8 Å². The van der Waals surface area contributed by atoms with Crippen molar-refractivity contribution in [2.24, 2.45) is 28.6 Å². The minimum Gasteiger partial charge on any atom is -0.389 e. The second-order valence-corrected chi connectivity index (χ2v) is 8.92. The van der Waals surface area contributed by atoms with Crippen LogP contribution in [0.2, 0.25) is 0 Å². The summed E-state index contributed by atoms with van der Waals surface area (Å²) < 4.78 is 0. The van der Waals surface area contributed by atoms with E-state index in [0.29, 0.717) is 28.6 Å². The molecule has 1 heteroatoms. The van der Waals surface area contributed by atoms with Crippen LogP contribution in [0.4, 0.5) is 0 Å². The van der Waals surface area contributed by atoms with Gasteiger partial charge < -0.3 is 5.11 Å². The maximum absolute atomic E-state index is 11.3. The van der Waals surface area contributed by atoms with Crippen LogP contribution in [0.5, 0.6) is 0 Å². The van der Waals surface area contributed by atoms with Crippen molar-refractivity contribution in [3.8, 4) is 0 Å². The second kappa shape index (κ2) is 4.72. The third kappa shape index (κ3) is 2.15. The number of hydrogen-bond acceptors (Lipinski definition) is 1. The average molecular weight is 288 g/mol. The monoisotopic (exact) mass is 288 g/mol. The third-order valence-corrected chi connectivity index (χ3v) is 7.36. The molecule has 5 atom stereocenters. The quantitative estimate of drug-likeness (QED) is 0.710. The van der Waals surface area contributed by atoms with Crippen LogP contribution in [0.15, 0.2) is 23.8 Å². The first-order chi connectivity index (χ1) is 9.71. The van der Waals surface area contributed by atoms with E-state index in [2.05, 4.69) is 52.8 Å². The Bertz CT molecular complexity index is 488. The van der Waals surface area contributed by atoms with E-state index >= 15 is 0 Å². The van der Waals surface area contributed by atoms with E-state index in [1.54, 1.807) is 5.57 Å². The highest BCUT2D eigenvalue weighted by molar-refractivity contribution is 5.27.